The number of nitrogens with one attached hydrogen (secondary N) is 1. The normalized spacial score (nSPS) is 18.3. The lowest BCUT2D eigenvalue weighted by Gasteiger charge is -2.34. The van der Waals surface area contributed by atoms with Gasteiger partial charge in [0, 0.05) is 30.3 Å². The first-order chi connectivity index (χ1) is 15.3. The van der Waals surface area contributed by atoms with Crippen LogP contribution in [0.1, 0.15) is 36.0 Å². The lowest BCUT2D eigenvalue weighted by Crippen LogP contribution is -2.45. The third-order valence-electron chi connectivity index (χ3n) is 6.13. The van der Waals surface area contributed by atoms with Crippen LogP contribution < -0.4 is 10.3 Å². The van der Waals surface area contributed by atoms with Crippen molar-refractivity contribution in [3.8, 4) is 11.1 Å². The Labute approximate surface area is 188 Å². The van der Waals surface area contributed by atoms with Gasteiger partial charge in [0.25, 0.3) is 5.56 Å². The van der Waals surface area contributed by atoms with Gasteiger partial charge in [-0.25, -0.2) is 17.5 Å². The van der Waals surface area contributed by atoms with Gasteiger partial charge in [0.15, 0.2) is 0 Å². The molecular formula is C25H27FN2O3S. The highest BCUT2D eigenvalue weighted by Gasteiger charge is 2.35. The van der Waals surface area contributed by atoms with Crippen LogP contribution in [0.25, 0.3) is 11.1 Å². The second-order valence-corrected chi connectivity index (χ2v) is 10.2. The van der Waals surface area contributed by atoms with Crippen molar-refractivity contribution in [2.45, 2.75) is 44.7 Å². The molecule has 1 N–H and O–H groups in total. The van der Waals surface area contributed by atoms with Gasteiger partial charge in [-0.05, 0) is 48.4 Å². The SMILES string of the molecule is CCn1cc(F)c2c(c1=O)[C@@H](Cc1cccc(-c3ccccc3)c1)[C@@H](NS(C)(=O)=O)CC2. The van der Waals surface area contributed by atoms with Gasteiger partial charge < -0.3 is 4.57 Å². The van der Waals surface area contributed by atoms with Crippen LogP contribution in [0.2, 0.25) is 0 Å². The Kier molecular flexibility index (Phi) is 6.31. The maximum atomic E-state index is 14.9. The van der Waals surface area contributed by atoms with E-state index in [1.807, 2.05) is 48.5 Å². The van der Waals surface area contributed by atoms with Gasteiger partial charge in [0.05, 0.1) is 6.26 Å². The Balaban J connectivity index is 1.79. The standard InChI is InChI=1S/C25H27FN2O3S/c1-3-28-16-22(26)20-12-13-23(27-32(2,30)31)21(24(20)25(28)29)15-17-8-7-11-19(14-17)18-9-5-4-6-10-18/h4-11,14,16,21,23,27H,3,12-13,15H2,1-2H3/t21-,23-/m0/s1. The summed E-state index contributed by atoms with van der Waals surface area (Å²) in [5.41, 5.74) is 3.64. The average molecular weight is 455 g/mol. The van der Waals surface area contributed by atoms with Gasteiger partial charge >= 0.3 is 0 Å². The zero-order valence-corrected chi connectivity index (χ0v) is 19.0. The number of aryl methyl sites for hydroxylation is 1. The summed E-state index contributed by atoms with van der Waals surface area (Å²) in [6, 6.07) is 17.5. The Morgan fingerprint density at radius 3 is 2.50 bits per heavy atom. The molecule has 7 heteroatoms. The van der Waals surface area contributed by atoms with Crippen LogP contribution in [0.15, 0.2) is 65.6 Å². The van der Waals surface area contributed by atoms with Crippen LogP contribution in [0, 0.1) is 5.82 Å². The van der Waals surface area contributed by atoms with Crippen molar-refractivity contribution in [3.05, 3.63) is 93.7 Å². The lowest BCUT2D eigenvalue weighted by molar-refractivity contribution is 0.411. The molecule has 2 atom stereocenters. The maximum Gasteiger partial charge on any atom is 0.254 e. The van der Waals surface area contributed by atoms with E-state index in [4.69, 9.17) is 0 Å². The molecule has 0 spiro atoms. The molecule has 5 nitrogen and oxygen atoms in total. The fourth-order valence-electron chi connectivity index (χ4n) is 4.68. The summed E-state index contributed by atoms with van der Waals surface area (Å²) in [5.74, 6) is -0.859. The second kappa shape index (κ2) is 9.00. The Morgan fingerprint density at radius 1 is 1.09 bits per heavy atom. The van der Waals surface area contributed by atoms with E-state index >= 15 is 0 Å². The average Bonchev–Trinajstić information content (AvgIpc) is 2.77. The van der Waals surface area contributed by atoms with Crippen LogP contribution in [-0.4, -0.2) is 25.3 Å². The number of hydrogen-bond acceptors (Lipinski definition) is 3. The van der Waals surface area contributed by atoms with Crippen molar-refractivity contribution in [2.75, 3.05) is 6.26 Å². The summed E-state index contributed by atoms with van der Waals surface area (Å²) in [6.07, 6.45) is 3.58. The van der Waals surface area contributed by atoms with E-state index in [9.17, 15) is 17.6 Å². The van der Waals surface area contributed by atoms with E-state index in [1.54, 1.807) is 6.92 Å². The fourth-order valence-corrected chi connectivity index (χ4v) is 5.51. The van der Waals surface area contributed by atoms with Gasteiger partial charge in [-0.2, -0.15) is 0 Å². The summed E-state index contributed by atoms with van der Waals surface area (Å²) >= 11 is 0. The lowest BCUT2D eigenvalue weighted by atomic mass is 9.77. The van der Waals surface area contributed by atoms with Gasteiger partial charge in [-0.1, -0.05) is 54.6 Å². The zero-order chi connectivity index (χ0) is 22.9. The van der Waals surface area contributed by atoms with E-state index in [1.165, 1.54) is 10.8 Å². The molecule has 3 aromatic rings. The first kappa shape index (κ1) is 22.4. The summed E-state index contributed by atoms with van der Waals surface area (Å²) in [5, 5.41) is 0. The predicted molar refractivity (Wildman–Crippen MR) is 125 cm³/mol. The number of benzene rings is 2. The smallest absolute Gasteiger partial charge is 0.254 e. The minimum atomic E-state index is -3.49. The van der Waals surface area contributed by atoms with E-state index in [0.29, 0.717) is 36.9 Å². The van der Waals surface area contributed by atoms with Crippen molar-refractivity contribution >= 4 is 10.0 Å². The third kappa shape index (κ3) is 4.69. The highest BCUT2D eigenvalue weighted by atomic mass is 32.2. The third-order valence-corrected chi connectivity index (χ3v) is 6.86. The maximum absolute atomic E-state index is 14.9. The molecular weight excluding hydrogens is 427 g/mol. The highest BCUT2D eigenvalue weighted by molar-refractivity contribution is 7.88. The number of halogens is 1. The molecule has 4 rings (SSSR count). The molecule has 1 aliphatic rings. The Bertz CT molecular complexity index is 1290. The molecule has 0 fully saturated rings. The molecule has 0 amide bonds. The molecule has 0 aliphatic heterocycles. The molecule has 168 valence electrons. The van der Waals surface area contributed by atoms with Gasteiger partial charge in [0.1, 0.15) is 5.82 Å². The zero-order valence-electron chi connectivity index (χ0n) is 18.2. The van der Waals surface area contributed by atoms with Crippen molar-refractivity contribution in [1.82, 2.24) is 9.29 Å². The molecule has 0 radical (unpaired) electrons. The van der Waals surface area contributed by atoms with Crippen LogP contribution in [0.5, 0.6) is 0 Å². The first-order valence-corrected chi connectivity index (χ1v) is 12.7. The quantitative estimate of drug-likeness (QED) is 0.615. The molecule has 1 aromatic heterocycles. The molecule has 0 unspecified atom stereocenters. The molecule has 0 bridgehead atoms. The van der Waals surface area contributed by atoms with E-state index in [-0.39, 0.29) is 5.56 Å². The minimum absolute atomic E-state index is 0.242. The summed E-state index contributed by atoms with van der Waals surface area (Å²) < 4.78 is 43.0. The molecule has 1 heterocycles. The number of sulfonamides is 1. The number of fused-ring (bicyclic) bond motifs is 1. The van der Waals surface area contributed by atoms with Crippen LogP contribution in [0.4, 0.5) is 4.39 Å². The van der Waals surface area contributed by atoms with E-state index in [2.05, 4.69) is 10.8 Å². The number of pyridine rings is 1. The number of nitrogens with zero attached hydrogens (tertiary/aromatic N) is 1. The summed E-state index contributed by atoms with van der Waals surface area (Å²) in [6.45, 7) is 2.14. The van der Waals surface area contributed by atoms with Crippen LogP contribution in [-0.2, 0) is 29.4 Å². The molecule has 0 saturated heterocycles. The van der Waals surface area contributed by atoms with Crippen molar-refractivity contribution in [2.24, 2.45) is 0 Å². The van der Waals surface area contributed by atoms with Crippen molar-refractivity contribution < 1.29 is 12.8 Å². The largest absolute Gasteiger partial charge is 0.313 e. The van der Waals surface area contributed by atoms with E-state index < -0.39 is 27.8 Å². The van der Waals surface area contributed by atoms with Crippen molar-refractivity contribution in [1.29, 1.82) is 0 Å². The van der Waals surface area contributed by atoms with Crippen LogP contribution in [0.3, 0.4) is 0 Å². The number of rotatable bonds is 6. The van der Waals surface area contributed by atoms with Crippen molar-refractivity contribution in [3.63, 3.8) is 0 Å². The number of hydrogen-bond donors (Lipinski definition) is 1. The Morgan fingerprint density at radius 2 is 1.81 bits per heavy atom. The fraction of sp³-hybridized carbons (Fsp3) is 0.320. The Hall–Kier alpha value is -2.77. The topological polar surface area (TPSA) is 68.2 Å². The molecule has 32 heavy (non-hydrogen) atoms. The van der Waals surface area contributed by atoms with Gasteiger partial charge in [-0.3, -0.25) is 4.79 Å². The molecule has 0 saturated carbocycles. The molecule has 1 aliphatic carbocycles. The first-order valence-electron chi connectivity index (χ1n) is 10.8. The highest BCUT2D eigenvalue weighted by Crippen LogP contribution is 2.35. The number of aromatic nitrogens is 1. The second-order valence-electron chi connectivity index (χ2n) is 8.37. The van der Waals surface area contributed by atoms with E-state index in [0.717, 1.165) is 22.9 Å². The summed E-state index contributed by atoms with van der Waals surface area (Å²) in [7, 11) is -3.49. The predicted octanol–water partition coefficient (Wildman–Crippen LogP) is 3.86. The summed E-state index contributed by atoms with van der Waals surface area (Å²) in [4.78, 5) is 13.2. The molecule has 2 aromatic carbocycles. The van der Waals surface area contributed by atoms with Gasteiger partial charge in [-0.15, -0.1) is 0 Å². The monoisotopic (exact) mass is 454 g/mol. The minimum Gasteiger partial charge on any atom is -0.313 e. The van der Waals surface area contributed by atoms with Gasteiger partial charge in [0.2, 0.25) is 10.0 Å². The van der Waals surface area contributed by atoms with Crippen LogP contribution >= 0.6 is 0 Å².